The van der Waals surface area contributed by atoms with E-state index in [4.69, 9.17) is 0 Å². The Balaban J connectivity index is 1.92. The summed E-state index contributed by atoms with van der Waals surface area (Å²) in [5, 5.41) is 11.5. The molecule has 1 aliphatic rings. The Kier molecular flexibility index (Phi) is 2.17. The first-order chi connectivity index (χ1) is 8.93. The first kappa shape index (κ1) is 10.1. The first-order valence-corrected chi connectivity index (χ1v) is 6.97. The van der Waals surface area contributed by atoms with Gasteiger partial charge in [-0.05, 0) is 22.8 Å². The smallest absolute Gasteiger partial charge is 0.117 e. The third kappa shape index (κ3) is 1.39. The molecule has 0 spiro atoms. The normalized spacial score (nSPS) is 18.1. The van der Waals surface area contributed by atoms with Crippen molar-refractivity contribution in [2.24, 2.45) is 0 Å². The van der Waals surface area contributed by atoms with Gasteiger partial charge in [0.1, 0.15) is 11.0 Å². The van der Waals surface area contributed by atoms with Gasteiger partial charge in [-0.3, -0.25) is 0 Å². The van der Waals surface area contributed by atoms with Crippen LogP contribution in [0.15, 0.2) is 42.5 Å². The highest BCUT2D eigenvalue weighted by molar-refractivity contribution is 7.99. The number of benzene rings is 2. The average Bonchev–Trinajstić information content (AvgIpc) is 3.05. The Bertz CT molecular complexity index is 720. The number of aromatic nitrogens is 3. The van der Waals surface area contributed by atoms with Crippen LogP contribution >= 0.6 is 11.8 Å². The van der Waals surface area contributed by atoms with Crippen LogP contribution < -0.4 is 0 Å². The standard InChI is InChI=1S/C14H11N3S/c1-2-5-10-9(4-1)8-18-14(10)11-6-3-7-12-13(11)16-17-15-12/h1-7,14H,8H2,(H,15,16,17). The first-order valence-electron chi connectivity index (χ1n) is 5.92. The lowest BCUT2D eigenvalue weighted by atomic mass is 9.99. The second-order valence-electron chi connectivity index (χ2n) is 4.43. The molecular weight excluding hydrogens is 242 g/mol. The summed E-state index contributed by atoms with van der Waals surface area (Å²) >= 11 is 1.96. The maximum atomic E-state index is 4.29. The van der Waals surface area contributed by atoms with Crippen molar-refractivity contribution in [2.45, 2.75) is 11.0 Å². The van der Waals surface area contributed by atoms with Gasteiger partial charge in [0.05, 0.1) is 5.25 Å². The number of hydrogen-bond acceptors (Lipinski definition) is 3. The lowest BCUT2D eigenvalue weighted by molar-refractivity contribution is 0.956. The molecule has 4 rings (SSSR count). The Morgan fingerprint density at radius 3 is 2.89 bits per heavy atom. The van der Waals surface area contributed by atoms with Gasteiger partial charge in [0.2, 0.25) is 0 Å². The SMILES string of the molecule is c1ccc2c(c1)CSC2c1cccc2n[nH]nc12. The van der Waals surface area contributed by atoms with Crippen LogP contribution in [0.1, 0.15) is 21.9 Å². The van der Waals surface area contributed by atoms with E-state index in [2.05, 4.69) is 51.8 Å². The zero-order valence-corrected chi connectivity index (χ0v) is 10.4. The number of nitrogens with one attached hydrogen (secondary N) is 1. The molecule has 0 amide bonds. The minimum absolute atomic E-state index is 0.384. The quantitative estimate of drug-likeness (QED) is 0.723. The van der Waals surface area contributed by atoms with Crippen molar-refractivity contribution in [3.8, 4) is 0 Å². The van der Waals surface area contributed by atoms with E-state index >= 15 is 0 Å². The van der Waals surface area contributed by atoms with Crippen LogP contribution in [0.2, 0.25) is 0 Å². The van der Waals surface area contributed by atoms with Gasteiger partial charge in [-0.2, -0.15) is 15.4 Å². The second kappa shape index (κ2) is 3.85. The number of hydrogen-bond donors (Lipinski definition) is 1. The molecule has 3 nitrogen and oxygen atoms in total. The minimum atomic E-state index is 0.384. The lowest BCUT2D eigenvalue weighted by Crippen LogP contribution is -1.94. The largest absolute Gasteiger partial charge is 0.197 e. The maximum Gasteiger partial charge on any atom is 0.117 e. The predicted molar refractivity (Wildman–Crippen MR) is 73.5 cm³/mol. The Morgan fingerprint density at radius 1 is 1.00 bits per heavy atom. The van der Waals surface area contributed by atoms with Gasteiger partial charge in [0, 0.05) is 5.75 Å². The van der Waals surface area contributed by atoms with Gasteiger partial charge < -0.3 is 0 Å². The van der Waals surface area contributed by atoms with Crippen LogP contribution in [-0.4, -0.2) is 15.4 Å². The van der Waals surface area contributed by atoms with Gasteiger partial charge >= 0.3 is 0 Å². The highest BCUT2D eigenvalue weighted by Gasteiger charge is 2.26. The Hall–Kier alpha value is -1.81. The molecular formula is C14H11N3S. The summed E-state index contributed by atoms with van der Waals surface area (Å²) in [4.78, 5) is 0. The summed E-state index contributed by atoms with van der Waals surface area (Å²) in [6, 6.07) is 14.9. The number of rotatable bonds is 1. The van der Waals surface area contributed by atoms with Gasteiger partial charge in [-0.15, -0.1) is 11.8 Å². The summed E-state index contributed by atoms with van der Waals surface area (Å²) in [5.41, 5.74) is 6.05. The van der Waals surface area contributed by atoms with Crippen molar-refractivity contribution in [3.63, 3.8) is 0 Å². The number of aromatic amines is 1. The summed E-state index contributed by atoms with van der Waals surface area (Å²) in [6.07, 6.45) is 0. The summed E-state index contributed by atoms with van der Waals surface area (Å²) in [5.74, 6) is 1.08. The van der Waals surface area contributed by atoms with Crippen LogP contribution in [0.3, 0.4) is 0 Å². The van der Waals surface area contributed by atoms with E-state index in [0.717, 1.165) is 16.8 Å². The number of para-hydroxylation sites is 1. The zero-order chi connectivity index (χ0) is 11.9. The third-order valence-corrected chi connectivity index (χ3v) is 4.72. The highest BCUT2D eigenvalue weighted by Crippen LogP contribution is 2.46. The summed E-state index contributed by atoms with van der Waals surface area (Å²) in [7, 11) is 0. The lowest BCUT2D eigenvalue weighted by Gasteiger charge is -2.11. The highest BCUT2D eigenvalue weighted by atomic mass is 32.2. The van der Waals surface area contributed by atoms with Crippen LogP contribution in [0.25, 0.3) is 11.0 Å². The molecule has 0 saturated heterocycles. The fourth-order valence-corrected chi connectivity index (χ4v) is 3.93. The Labute approximate surface area is 109 Å². The molecule has 3 aromatic rings. The van der Waals surface area contributed by atoms with Crippen molar-refractivity contribution < 1.29 is 0 Å². The number of thioether (sulfide) groups is 1. The van der Waals surface area contributed by atoms with E-state index in [-0.39, 0.29) is 0 Å². The van der Waals surface area contributed by atoms with E-state index in [1.807, 2.05) is 17.8 Å². The molecule has 18 heavy (non-hydrogen) atoms. The van der Waals surface area contributed by atoms with E-state index < -0.39 is 0 Å². The molecule has 0 fully saturated rings. The second-order valence-corrected chi connectivity index (χ2v) is 5.52. The summed E-state index contributed by atoms with van der Waals surface area (Å²) < 4.78 is 0. The van der Waals surface area contributed by atoms with Crippen molar-refractivity contribution >= 4 is 22.8 Å². The van der Waals surface area contributed by atoms with Crippen molar-refractivity contribution in [1.29, 1.82) is 0 Å². The molecule has 1 aromatic heterocycles. The number of nitrogens with zero attached hydrogens (tertiary/aromatic N) is 2. The molecule has 2 aromatic carbocycles. The van der Waals surface area contributed by atoms with E-state index in [9.17, 15) is 0 Å². The molecule has 0 saturated carbocycles. The minimum Gasteiger partial charge on any atom is -0.197 e. The molecule has 1 N–H and O–H groups in total. The topological polar surface area (TPSA) is 41.6 Å². The molecule has 0 bridgehead atoms. The molecule has 1 atom stereocenters. The number of fused-ring (bicyclic) bond motifs is 2. The van der Waals surface area contributed by atoms with Gasteiger partial charge in [-0.25, -0.2) is 0 Å². The molecule has 0 radical (unpaired) electrons. The summed E-state index contributed by atoms with van der Waals surface area (Å²) in [6.45, 7) is 0. The van der Waals surface area contributed by atoms with E-state index in [1.54, 1.807) is 0 Å². The monoisotopic (exact) mass is 253 g/mol. The number of H-pyrrole nitrogens is 1. The molecule has 88 valence electrons. The van der Waals surface area contributed by atoms with Crippen molar-refractivity contribution in [2.75, 3.05) is 0 Å². The molecule has 1 unspecified atom stereocenters. The van der Waals surface area contributed by atoms with Crippen molar-refractivity contribution in [3.05, 3.63) is 59.2 Å². The van der Waals surface area contributed by atoms with Gasteiger partial charge in [0.15, 0.2) is 0 Å². The maximum absolute atomic E-state index is 4.29. The fraction of sp³-hybridized carbons (Fsp3) is 0.143. The molecule has 1 aliphatic heterocycles. The van der Waals surface area contributed by atoms with Crippen LogP contribution in [0, 0.1) is 0 Å². The Morgan fingerprint density at radius 2 is 1.89 bits per heavy atom. The zero-order valence-electron chi connectivity index (χ0n) is 9.63. The van der Waals surface area contributed by atoms with E-state index in [1.165, 1.54) is 16.7 Å². The molecule has 0 aliphatic carbocycles. The van der Waals surface area contributed by atoms with E-state index in [0.29, 0.717) is 5.25 Å². The van der Waals surface area contributed by atoms with Gasteiger partial charge in [-0.1, -0.05) is 36.4 Å². The molecule has 2 heterocycles. The molecule has 4 heteroatoms. The predicted octanol–water partition coefficient (Wildman–Crippen LogP) is 3.29. The fourth-order valence-electron chi connectivity index (χ4n) is 2.54. The van der Waals surface area contributed by atoms with Gasteiger partial charge in [0.25, 0.3) is 0 Å². The average molecular weight is 253 g/mol. The van der Waals surface area contributed by atoms with Crippen LogP contribution in [0.5, 0.6) is 0 Å². The van der Waals surface area contributed by atoms with Crippen LogP contribution in [-0.2, 0) is 5.75 Å². The third-order valence-electron chi connectivity index (χ3n) is 3.40. The van der Waals surface area contributed by atoms with Crippen LogP contribution in [0.4, 0.5) is 0 Å². The van der Waals surface area contributed by atoms with Crippen molar-refractivity contribution in [1.82, 2.24) is 15.4 Å².